The second-order valence-electron chi connectivity index (χ2n) is 4.84. The number of methoxy groups -OCH3 is 1. The van der Waals surface area contributed by atoms with E-state index in [4.69, 9.17) is 21.1 Å². The van der Waals surface area contributed by atoms with Gasteiger partial charge in [0.25, 0.3) is 5.91 Å². The summed E-state index contributed by atoms with van der Waals surface area (Å²) in [4.78, 5) is 12.1. The van der Waals surface area contributed by atoms with Gasteiger partial charge in [-0.05, 0) is 18.6 Å². The summed E-state index contributed by atoms with van der Waals surface area (Å²) in [6, 6.07) is 7.33. The second-order valence-corrected chi connectivity index (χ2v) is 5.25. The van der Waals surface area contributed by atoms with Crippen molar-refractivity contribution in [2.45, 2.75) is 6.42 Å². The minimum absolute atomic E-state index is 0.166. The van der Waals surface area contributed by atoms with Crippen LogP contribution in [0.25, 0.3) is 5.69 Å². The predicted molar refractivity (Wildman–Crippen MR) is 88.2 cm³/mol. The molecule has 1 N–H and O–H groups in total. The zero-order valence-electron chi connectivity index (χ0n) is 13.0. The molecule has 23 heavy (non-hydrogen) atoms. The number of rotatable bonds is 9. The molecule has 6 nitrogen and oxygen atoms in total. The van der Waals surface area contributed by atoms with Gasteiger partial charge in [0.05, 0.1) is 35.7 Å². The number of amides is 1. The van der Waals surface area contributed by atoms with Gasteiger partial charge in [-0.2, -0.15) is 5.10 Å². The number of ether oxygens (including phenoxy) is 2. The first-order valence-electron chi connectivity index (χ1n) is 7.37. The van der Waals surface area contributed by atoms with Crippen molar-refractivity contribution in [1.82, 2.24) is 15.1 Å². The zero-order valence-corrected chi connectivity index (χ0v) is 13.8. The normalized spacial score (nSPS) is 10.7. The van der Waals surface area contributed by atoms with E-state index in [9.17, 15) is 4.79 Å². The third-order valence-corrected chi connectivity index (χ3v) is 3.45. The topological polar surface area (TPSA) is 65.4 Å². The molecule has 0 aliphatic rings. The van der Waals surface area contributed by atoms with E-state index in [2.05, 4.69) is 10.4 Å². The quantitative estimate of drug-likeness (QED) is 0.713. The molecule has 1 amide bonds. The van der Waals surface area contributed by atoms with Gasteiger partial charge in [0.1, 0.15) is 0 Å². The molecule has 0 saturated heterocycles. The number of halogens is 1. The Bertz CT molecular complexity index is 631. The predicted octanol–water partition coefficient (Wildman–Crippen LogP) is 2.31. The Kier molecular flexibility index (Phi) is 7.06. The van der Waals surface area contributed by atoms with E-state index >= 15 is 0 Å². The van der Waals surface area contributed by atoms with Gasteiger partial charge in [-0.15, -0.1) is 0 Å². The minimum atomic E-state index is -0.166. The minimum Gasteiger partial charge on any atom is -0.382 e. The van der Waals surface area contributed by atoms with E-state index in [0.717, 1.165) is 12.1 Å². The molecule has 0 spiro atoms. The highest BCUT2D eigenvalue weighted by molar-refractivity contribution is 6.32. The van der Waals surface area contributed by atoms with Crippen LogP contribution in [0.2, 0.25) is 5.02 Å². The zero-order chi connectivity index (χ0) is 16.5. The van der Waals surface area contributed by atoms with Crippen LogP contribution >= 0.6 is 11.6 Å². The maximum absolute atomic E-state index is 12.1. The smallest absolute Gasteiger partial charge is 0.254 e. The number of aromatic nitrogens is 2. The molecule has 1 aromatic heterocycles. The Labute approximate surface area is 140 Å². The van der Waals surface area contributed by atoms with E-state index < -0.39 is 0 Å². The van der Waals surface area contributed by atoms with E-state index in [0.29, 0.717) is 37.0 Å². The lowest BCUT2D eigenvalue weighted by Gasteiger charge is -2.05. The van der Waals surface area contributed by atoms with Crippen LogP contribution in [0.15, 0.2) is 36.7 Å². The fourth-order valence-corrected chi connectivity index (χ4v) is 2.15. The van der Waals surface area contributed by atoms with Crippen molar-refractivity contribution in [1.29, 1.82) is 0 Å². The van der Waals surface area contributed by atoms with Crippen LogP contribution in [0.5, 0.6) is 0 Å². The van der Waals surface area contributed by atoms with Crippen molar-refractivity contribution in [3.8, 4) is 5.69 Å². The number of benzene rings is 1. The molecule has 7 heteroatoms. The van der Waals surface area contributed by atoms with Crippen molar-refractivity contribution >= 4 is 17.5 Å². The molecular formula is C16H20ClN3O3. The lowest BCUT2D eigenvalue weighted by atomic mass is 10.3. The molecule has 0 fully saturated rings. The van der Waals surface area contributed by atoms with Gasteiger partial charge in [0.15, 0.2) is 0 Å². The molecule has 0 aliphatic carbocycles. The van der Waals surface area contributed by atoms with Gasteiger partial charge in [-0.3, -0.25) is 4.79 Å². The first-order chi connectivity index (χ1) is 11.2. The Hall–Kier alpha value is -1.89. The van der Waals surface area contributed by atoms with Gasteiger partial charge < -0.3 is 14.8 Å². The van der Waals surface area contributed by atoms with Gasteiger partial charge >= 0.3 is 0 Å². The number of nitrogens with one attached hydrogen (secondary N) is 1. The van der Waals surface area contributed by atoms with Crippen LogP contribution in [0, 0.1) is 0 Å². The van der Waals surface area contributed by atoms with Crippen LogP contribution in [0.4, 0.5) is 0 Å². The second kappa shape index (κ2) is 9.29. The lowest BCUT2D eigenvalue weighted by Crippen LogP contribution is -2.25. The molecule has 0 radical (unpaired) electrons. The molecule has 1 heterocycles. The number of carbonyl (C=O) groups excluding carboxylic acids is 1. The van der Waals surface area contributed by atoms with Crippen LogP contribution < -0.4 is 5.32 Å². The summed E-state index contributed by atoms with van der Waals surface area (Å²) >= 11 is 6.12. The highest BCUT2D eigenvalue weighted by Gasteiger charge is 2.10. The maximum Gasteiger partial charge on any atom is 0.254 e. The van der Waals surface area contributed by atoms with Crippen LogP contribution in [-0.2, 0) is 9.47 Å². The fraction of sp³-hybridized carbons (Fsp3) is 0.375. The van der Waals surface area contributed by atoms with E-state index in [1.54, 1.807) is 24.1 Å². The first kappa shape index (κ1) is 17.5. The van der Waals surface area contributed by atoms with Crippen LogP contribution in [0.3, 0.4) is 0 Å². The van der Waals surface area contributed by atoms with Crippen molar-refractivity contribution < 1.29 is 14.3 Å². The summed E-state index contributed by atoms with van der Waals surface area (Å²) in [5.74, 6) is -0.166. The average Bonchev–Trinajstić information content (AvgIpc) is 3.04. The molecule has 2 rings (SSSR count). The molecule has 2 aromatic rings. The molecular weight excluding hydrogens is 318 g/mol. The Morgan fingerprint density at radius 3 is 2.91 bits per heavy atom. The maximum atomic E-state index is 12.1. The summed E-state index contributed by atoms with van der Waals surface area (Å²) in [5.41, 5.74) is 1.23. The van der Waals surface area contributed by atoms with Gasteiger partial charge in [-0.1, -0.05) is 23.7 Å². The molecule has 0 bridgehead atoms. The van der Waals surface area contributed by atoms with Gasteiger partial charge in [0, 0.05) is 26.5 Å². The van der Waals surface area contributed by atoms with Crippen molar-refractivity contribution in [2.75, 3.05) is 33.5 Å². The van der Waals surface area contributed by atoms with Crippen LogP contribution in [-0.4, -0.2) is 49.2 Å². The summed E-state index contributed by atoms with van der Waals surface area (Å²) in [6.07, 6.45) is 3.92. The summed E-state index contributed by atoms with van der Waals surface area (Å²) < 4.78 is 11.8. The summed E-state index contributed by atoms with van der Waals surface area (Å²) in [6.45, 7) is 2.27. The number of para-hydroxylation sites is 1. The monoisotopic (exact) mass is 337 g/mol. The van der Waals surface area contributed by atoms with E-state index in [1.165, 1.54) is 6.20 Å². The number of hydrogen-bond acceptors (Lipinski definition) is 4. The number of hydrogen-bond donors (Lipinski definition) is 1. The Morgan fingerprint density at radius 2 is 2.13 bits per heavy atom. The molecule has 1 aromatic carbocycles. The van der Waals surface area contributed by atoms with Crippen molar-refractivity contribution in [3.05, 3.63) is 47.2 Å². The van der Waals surface area contributed by atoms with E-state index in [1.807, 2.05) is 18.2 Å². The lowest BCUT2D eigenvalue weighted by molar-refractivity contribution is 0.0688. The van der Waals surface area contributed by atoms with Crippen molar-refractivity contribution in [2.24, 2.45) is 0 Å². The third kappa shape index (κ3) is 5.35. The number of nitrogens with zero attached hydrogens (tertiary/aromatic N) is 2. The summed E-state index contributed by atoms with van der Waals surface area (Å²) in [5, 5.41) is 7.59. The van der Waals surface area contributed by atoms with E-state index in [-0.39, 0.29) is 5.91 Å². The first-order valence-corrected chi connectivity index (χ1v) is 7.74. The largest absolute Gasteiger partial charge is 0.382 e. The van der Waals surface area contributed by atoms with Gasteiger partial charge in [0.2, 0.25) is 0 Å². The Morgan fingerprint density at radius 1 is 1.30 bits per heavy atom. The molecule has 0 atom stereocenters. The fourth-order valence-electron chi connectivity index (χ4n) is 1.93. The molecule has 0 aliphatic heterocycles. The third-order valence-electron chi connectivity index (χ3n) is 3.13. The molecule has 0 unspecified atom stereocenters. The Balaban J connectivity index is 1.79. The van der Waals surface area contributed by atoms with Gasteiger partial charge in [-0.25, -0.2) is 4.68 Å². The SMILES string of the molecule is COCCOCCCNC(=O)c1cnn(-c2ccccc2Cl)c1. The van der Waals surface area contributed by atoms with Crippen LogP contribution in [0.1, 0.15) is 16.8 Å². The highest BCUT2D eigenvalue weighted by Crippen LogP contribution is 2.19. The summed E-state index contributed by atoms with van der Waals surface area (Å²) in [7, 11) is 1.63. The van der Waals surface area contributed by atoms with Crippen molar-refractivity contribution in [3.63, 3.8) is 0 Å². The molecule has 0 saturated carbocycles. The standard InChI is InChI=1S/C16H20ClN3O3/c1-22-9-10-23-8-4-7-18-16(21)13-11-19-20(12-13)15-6-3-2-5-14(15)17/h2-3,5-6,11-12H,4,7-10H2,1H3,(H,18,21). The highest BCUT2D eigenvalue weighted by atomic mass is 35.5. The average molecular weight is 338 g/mol. The molecule has 124 valence electrons. The number of carbonyl (C=O) groups is 1.